The van der Waals surface area contributed by atoms with E-state index in [9.17, 15) is 53.8 Å². The van der Waals surface area contributed by atoms with E-state index in [4.69, 9.17) is 23.3 Å². The van der Waals surface area contributed by atoms with E-state index in [0.29, 0.717) is 19.3 Å². The number of phosphoric ester groups is 2. The molecule has 1 saturated carbocycles. The molecule has 19 heteroatoms. The number of ether oxygens (including phenoxy) is 3. The Labute approximate surface area is 393 Å². The molecule has 0 radical (unpaired) electrons. The zero-order chi connectivity index (χ0) is 48.6. The predicted molar refractivity (Wildman–Crippen MR) is 250 cm³/mol. The number of epoxide rings is 1. The second-order valence-electron chi connectivity index (χ2n) is 17.6. The first-order chi connectivity index (χ1) is 31.6. The third kappa shape index (κ3) is 28.6. The zero-order valence-electron chi connectivity index (χ0n) is 39.6. The molecular weight excluding hydrogens is 898 g/mol. The quantitative estimate of drug-likeness (QED) is 0.00997. The molecule has 0 aromatic heterocycles. The SMILES string of the molecule is CCCCC/C=C\C/C=C\C/C=C\CC1OC1CCCC(=O)O[C@H](COC(=O)CCCCCCCCCCCCCCCCC)COP(=O)(O)O[C@H]1C(O)C(O)C(O)[C@@H](OP(=O)(O)O)C1O. The fourth-order valence-electron chi connectivity index (χ4n) is 7.70. The van der Waals surface area contributed by atoms with Crippen LogP contribution in [-0.2, 0) is 46.5 Å². The maximum Gasteiger partial charge on any atom is 0.472 e. The van der Waals surface area contributed by atoms with Crippen molar-refractivity contribution < 1.29 is 81.6 Å². The molecule has 0 spiro atoms. The number of hydrogen-bond donors (Lipinski definition) is 7. The summed E-state index contributed by atoms with van der Waals surface area (Å²) in [5.41, 5.74) is 0. The van der Waals surface area contributed by atoms with Gasteiger partial charge in [0.25, 0.3) is 0 Å². The van der Waals surface area contributed by atoms with Crippen molar-refractivity contribution in [1.29, 1.82) is 0 Å². The first-order valence-corrected chi connectivity index (χ1v) is 27.7. The number of rotatable bonds is 40. The van der Waals surface area contributed by atoms with E-state index in [1.807, 2.05) is 0 Å². The Kier molecular flexibility index (Phi) is 32.3. The Bertz CT molecular complexity index is 1490. The molecular formula is C47H84O17P2. The van der Waals surface area contributed by atoms with Gasteiger partial charge >= 0.3 is 27.6 Å². The van der Waals surface area contributed by atoms with Gasteiger partial charge in [-0.05, 0) is 51.4 Å². The molecule has 1 aliphatic carbocycles. The van der Waals surface area contributed by atoms with E-state index in [1.54, 1.807) is 0 Å². The second kappa shape index (κ2) is 35.3. The van der Waals surface area contributed by atoms with Crippen molar-refractivity contribution in [3.05, 3.63) is 36.5 Å². The second-order valence-corrected chi connectivity index (χ2v) is 20.2. The molecule has 0 amide bonds. The van der Waals surface area contributed by atoms with Crippen molar-refractivity contribution in [2.45, 2.75) is 236 Å². The molecule has 0 aromatic rings. The minimum atomic E-state index is -5.37. The number of aliphatic hydroxyl groups excluding tert-OH is 4. The summed E-state index contributed by atoms with van der Waals surface area (Å²) in [7, 11) is -10.7. The standard InChI is InChI=1S/C47H84O17P2/c1-3-5-7-9-11-13-15-17-18-19-21-23-25-27-29-33-40(48)59-35-37(36-60-66(57,58)64-47-44(52)42(50)43(51)46(45(47)53)63-65(54,55)56)61-41(49)34-30-32-39-38(62-39)31-28-26-24-22-20-16-14-12-10-8-6-4-2/h12,14,20,22,26,28,37-39,42-47,50-53H,3-11,13,15-19,21,23-25,27,29-36H2,1-2H3,(H,57,58)(H2,54,55,56)/b14-12-,22-20-,28-26-/t37-,38?,39?,42?,43?,44?,45?,46-,47+/m1/s1. The van der Waals surface area contributed by atoms with Gasteiger partial charge in [0.15, 0.2) is 6.10 Å². The van der Waals surface area contributed by atoms with E-state index in [1.165, 1.54) is 83.5 Å². The van der Waals surface area contributed by atoms with Crippen LogP contribution in [0.3, 0.4) is 0 Å². The minimum absolute atomic E-state index is 0.00938. The lowest BCUT2D eigenvalue weighted by Crippen LogP contribution is -2.64. The Morgan fingerprint density at radius 2 is 1.06 bits per heavy atom. The number of esters is 2. The van der Waals surface area contributed by atoms with Gasteiger partial charge in [0, 0.05) is 12.8 Å². The Morgan fingerprint density at radius 1 is 0.561 bits per heavy atom. The molecule has 2 rings (SSSR count). The first kappa shape index (κ1) is 60.3. The number of allylic oxidation sites excluding steroid dienone is 5. The predicted octanol–water partition coefficient (Wildman–Crippen LogP) is 8.50. The van der Waals surface area contributed by atoms with Crippen LogP contribution in [0.25, 0.3) is 0 Å². The molecule has 7 N–H and O–H groups in total. The molecule has 2 fully saturated rings. The summed E-state index contributed by atoms with van der Waals surface area (Å²) < 4.78 is 55.2. The molecule has 10 atom stereocenters. The summed E-state index contributed by atoms with van der Waals surface area (Å²) in [4.78, 5) is 54.4. The van der Waals surface area contributed by atoms with Gasteiger partial charge in [-0.1, -0.05) is 153 Å². The fourth-order valence-corrected chi connectivity index (χ4v) is 9.24. The molecule has 17 nitrogen and oxygen atoms in total. The zero-order valence-corrected chi connectivity index (χ0v) is 41.4. The molecule has 66 heavy (non-hydrogen) atoms. The smallest absolute Gasteiger partial charge is 0.462 e. The maximum absolute atomic E-state index is 13.0. The van der Waals surface area contributed by atoms with Gasteiger partial charge in [0.2, 0.25) is 0 Å². The average molecular weight is 983 g/mol. The van der Waals surface area contributed by atoms with Gasteiger partial charge in [-0.25, -0.2) is 9.13 Å². The van der Waals surface area contributed by atoms with Crippen molar-refractivity contribution >= 4 is 27.6 Å². The number of carbonyl (C=O) groups excluding carboxylic acids is 2. The van der Waals surface area contributed by atoms with Crippen LogP contribution in [0.5, 0.6) is 0 Å². The Balaban J connectivity index is 1.82. The van der Waals surface area contributed by atoms with Crippen LogP contribution in [0.1, 0.15) is 181 Å². The molecule has 7 unspecified atom stereocenters. The molecule has 1 heterocycles. The lowest BCUT2D eigenvalue weighted by Gasteiger charge is -2.43. The van der Waals surface area contributed by atoms with E-state index in [2.05, 4.69) is 54.8 Å². The average Bonchev–Trinajstić information content (AvgIpc) is 4.03. The highest BCUT2D eigenvalue weighted by Gasteiger charge is 2.54. The number of hydrogen-bond acceptors (Lipinski definition) is 14. The largest absolute Gasteiger partial charge is 0.472 e. The minimum Gasteiger partial charge on any atom is -0.462 e. The van der Waals surface area contributed by atoms with Gasteiger partial charge in [-0.3, -0.25) is 23.2 Å². The fraction of sp³-hybridized carbons (Fsp3) is 0.830. The Morgan fingerprint density at radius 3 is 1.64 bits per heavy atom. The van der Waals surface area contributed by atoms with Crippen molar-refractivity contribution in [2.75, 3.05) is 13.2 Å². The molecule has 0 aromatic carbocycles. The summed E-state index contributed by atoms with van der Waals surface area (Å²) in [6.07, 6.45) is 24.0. The van der Waals surface area contributed by atoms with Crippen LogP contribution in [0.2, 0.25) is 0 Å². The summed E-state index contributed by atoms with van der Waals surface area (Å²) in [5, 5.41) is 41.3. The van der Waals surface area contributed by atoms with Crippen LogP contribution in [0.4, 0.5) is 0 Å². The van der Waals surface area contributed by atoms with E-state index in [0.717, 1.165) is 51.4 Å². The van der Waals surface area contributed by atoms with E-state index < -0.39 is 83.5 Å². The van der Waals surface area contributed by atoms with E-state index >= 15 is 0 Å². The highest BCUT2D eigenvalue weighted by atomic mass is 31.2. The number of aliphatic hydroxyl groups is 4. The monoisotopic (exact) mass is 983 g/mol. The van der Waals surface area contributed by atoms with Gasteiger partial charge in [-0.2, -0.15) is 0 Å². The summed E-state index contributed by atoms with van der Waals surface area (Å²) >= 11 is 0. The highest BCUT2D eigenvalue weighted by molar-refractivity contribution is 7.47. The van der Waals surface area contributed by atoms with Gasteiger partial charge < -0.3 is 49.3 Å². The lowest BCUT2D eigenvalue weighted by molar-refractivity contribution is -0.216. The normalized spacial score (nSPS) is 24.9. The number of unbranched alkanes of at least 4 members (excludes halogenated alkanes) is 17. The number of phosphoric acid groups is 2. The van der Waals surface area contributed by atoms with Gasteiger partial charge in [0.1, 0.15) is 43.2 Å². The summed E-state index contributed by atoms with van der Waals surface area (Å²) in [5.74, 6) is -1.28. The van der Waals surface area contributed by atoms with Crippen LogP contribution < -0.4 is 0 Å². The van der Waals surface area contributed by atoms with Gasteiger partial charge in [-0.15, -0.1) is 0 Å². The summed E-state index contributed by atoms with van der Waals surface area (Å²) in [6, 6.07) is 0. The maximum atomic E-state index is 13.0. The van der Waals surface area contributed by atoms with Crippen LogP contribution in [0, 0.1) is 0 Å². The molecule has 2 aliphatic rings. The third-order valence-electron chi connectivity index (χ3n) is 11.6. The van der Waals surface area contributed by atoms with Crippen LogP contribution in [0.15, 0.2) is 36.5 Å². The van der Waals surface area contributed by atoms with Gasteiger partial charge in [0.05, 0.1) is 18.8 Å². The highest BCUT2D eigenvalue weighted by Crippen LogP contribution is 2.49. The molecule has 384 valence electrons. The number of carbonyl (C=O) groups is 2. The lowest BCUT2D eigenvalue weighted by atomic mass is 9.85. The van der Waals surface area contributed by atoms with Crippen LogP contribution in [-0.4, -0.2) is 115 Å². The molecule has 1 aliphatic heterocycles. The molecule has 1 saturated heterocycles. The first-order valence-electron chi connectivity index (χ1n) is 24.7. The third-order valence-corrected chi connectivity index (χ3v) is 13.1. The summed E-state index contributed by atoms with van der Waals surface area (Å²) in [6.45, 7) is 3.03. The topological polar surface area (TPSA) is 269 Å². The van der Waals surface area contributed by atoms with Crippen LogP contribution >= 0.6 is 15.6 Å². The molecule has 0 bridgehead atoms. The van der Waals surface area contributed by atoms with Crippen molar-refractivity contribution in [3.8, 4) is 0 Å². The van der Waals surface area contributed by atoms with Crippen molar-refractivity contribution in [2.24, 2.45) is 0 Å². The van der Waals surface area contributed by atoms with Crippen molar-refractivity contribution in [3.63, 3.8) is 0 Å². The van der Waals surface area contributed by atoms with E-state index in [-0.39, 0.29) is 25.0 Å². The van der Waals surface area contributed by atoms with Crippen molar-refractivity contribution in [1.82, 2.24) is 0 Å². The Hall–Kier alpha value is -1.82.